The van der Waals surface area contributed by atoms with Crippen molar-refractivity contribution in [3.63, 3.8) is 0 Å². The molecule has 0 saturated heterocycles. The van der Waals surface area contributed by atoms with Gasteiger partial charge in [0.05, 0.1) is 6.61 Å². The van der Waals surface area contributed by atoms with E-state index in [0.717, 1.165) is 5.56 Å². The van der Waals surface area contributed by atoms with Gasteiger partial charge in [0.25, 0.3) is 0 Å². The Labute approximate surface area is 97.6 Å². The van der Waals surface area contributed by atoms with Gasteiger partial charge >= 0.3 is 6.18 Å². The monoisotopic (exact) mass is 245 g/mol. The topological polar surface area (TPSA) is 35.2 Å². The Morgan fingerprint density at radius 3 is 2.76 bits per heavy atom. The van der Waals surface area contributed by atoms with Crippen molar-refractivity contribution < 1.29 is 17.9 Å². The van der Waals surface area contributed by atoms with E-state index < -0.39 is 12.2 Å². The molecule has 1 aromatic carbocycles. The summed E-state index contributed by atoms with van der Waals surface area (Å²) in [4.78, 5) is 0. The first-order valence-electron chi connectivity index (χ1n) is 5.52. The van der Waals surface area contributed by atoms with Crippen LogP contribution >= 0.6 is 0 Å². The van der Waals surface area contributed by atoms with Crippen LogP contribution < -0.4 is 10.5 Å². The minimum atomic E-state index is -4.33. The average molecular weight is 245 g/mol. The molecule has 2 unspecified atom stereocenters. The first-order valence-corrected chi connectivity index (χ1v) is 5.52. The third-order valence-electron chi connectivity index (χ3n) is 3.04. The van der Waals surface area contributed by atoms with Crippen molar-refractivity contribution >= 4 is 0 Å². The fourth-order valence-corrected chi connectivity index (χ4v) is 2.10. The van der Waals surface area contributed by atoms with Crippen LogP contribution in [0.2, 0.25) is 0 Å². The van der Waals surface area contributed by atoms with E-state index in [2.05, 4.69) is 0 Å². The predicted molar refractivity (Wildman–Crippen MR) is 57.9 cm³/mol. The van der Waals surface area contributed by atoms with Gasteiger partial charge in [0.2, 0.25) is 0 Å². The number of rotatable bonds is 2. The van der Waals surface area contributed by atoms with Crippen LogP contribution in [0.5, 0.6) is 5.75 Å². The van der Waals surface area contributed by atoms with Gasteiger partial charge in [-0.3, -0.25) is 0 Å². The van der Waals surface area contributed by atoms with Crippen LogP contribution in [-0.2, 0) is 0 Å². The molecule has 1 aliphatic heterocycles. The lowest BCUT2D eigenvalue weighted by molar-refractivity contribution is -0.150. The van der Waals surface area contributed by atoms with E-state index in [4.69, 9.17) is 10.5 Å². The highest BCUT2D eigenvalue weighted by Crippen LogP contribution is 2.37. The maximum absolute atomic E-state index is 12.4. The van der Waals surface area contributed by atoms with E-state index in [1.54, 1.807) is 12.1 Å². The van der Waals surface area contributed by atoms with Crippen molar-refractivity contribution in [2.75, 3.05) is 6.61 Å². The van der Waals surface area contributed by atoms with Gasteiger partial charge in [-0.2, -0.15) is 13.2 Å². The number of hydrogen-bond donors (Lipinski definition) is 1. The molecule has 1 aliphatic rings. The number of ether oxygens (including phenoxy) is 1. The molecule has 0 saturated carbocycles. The van der Waals surface area contributed by atoms with Gasteiger partial charge in [0.1, 0.15) is 11.8 Å². The van der Waals surface area contributed by atoms with Crippen LogP contribution in [0.1, 0.15) is 24.3 Å². The number of para-hydroxylation sites is 1. The van der Waals surface area contributed by atoms with E-state index in [0.29, 0.717) is 18.8 Å². The zero-order valence-electron chi connectivity index (χ0n) is 9.20. The Balaban J connectivity index is 2.14. The van der Waals surface area contributed by atoms with Gasteiger partial charge < -0.3 is 10.5 Å². The van der Waals surface area contributed by atoms with E-state index in [1.807, 2.05) is 12.1 Å². The molecule has 0 fully saturated rings. The first kappa shape index (κ1) is 12.2. The highest BCUT2D eigenvalue weighted by Gasteiger charge is 2.39. The number of alkyl halides is 3. The molecule has 0 radical (unpaired) electrons. The van der Waals surface area contributed by atoms with E-state index in [9.17, 15) is 13.2 Å². The lowest BCUT2D eigenvalue weighted by atomic mass is 9.87. The highest BCUT2D eigenvalue weighted by atomic mass is 19.4. The SMILES string of the molecule is NC(CC1CCOc2ccccc21)C(F)(F)F. The van der Waals surface area contributed by atoms with Crippen LogP contribution in [-0.4, -0.2) is 18.8 Å². The largest absolute Gasteiger partial charge is 0.493 e. The maximum Gasteiger partial charge on any atom is 0.403 e. The molecule has 5 heteroatoms. The van der Waals surface area contributed by atoms with Crippen LogP contribution in [0.15, 0.2) is 24.3 Å². The molecule has 2 rings (SSSR count). The Hall–Kier alpha value is -1.23. The molecule has 0 amide bonds. The quantitative estimate of drug-likeness (QED) is 0.869. The maximum atomic E-state index is 12.4. The van der Waals surface area contributed by atoms with Gasteiger partial charge in [-0.25, -0.2) is 0 Å². The zero-order chi connectivity index (χ0) is 12.5. The van der Waals surface area contributed by atoms with Gasteiger partial charge in [0, 0.05) is 0 Å². The molecule has 2 atom stereocenters. The number of nitrogens with two attached hydrogens (primary N) is 1. The summed E-state index contributed by atoms with van der Waals surface area (Å²) < 4.78 is 42.7. The van der Waals surface area contributed by atoms with Crippen LogP contribution in [0, 0.1) is 0 Å². The third kappa shape index (κ3) is 2.72. The standard InChI is InChI=1S/C12H14F3NO/c13-12(14,15)11(16)7-8-5-6-17-10-4-2-1-3-9(8)10/h1-4,8,11H,5-7,16H2. The lowest BCUT2D eigenvalue weighted by Gasteiger charge is -2.28. The molecule has 0 spiro atoms. The molecule has 0 aliphatic carbocycles. The highest BCUT2D eigenvalue weighted by molar-refractivity contribution is 5.37. The van der Waals surface area contributed by atoms with Crippen LogP contribution in [0.3, 0.4) is 0 Å². The molecule has 0 bridgehead atoms. The fourth-order valence-electron chi connectivity index (χ4n) is 2.10. The summed E-state index contributed by atoms with van der Waals surface area (Å²) in [5.41, 5.74) is 6.00. The molecular formula is C12H14F3NO. The average Bonchev–Trinajstić information content (AvgIpc) is 2.28. The lowest BCUT2D eigenvalue weighted by Crippen LogP contribution is -2.39. The molecule has 1 heterocycles. The summed E-state index contributed by atoms with van der Waals surface area (Å²) in [6, 6.07) is 5.44. The normalized spacial score (nSPS) is 21.5. The first-order chi connectivity index (χ1) is 7.98. The summed E-state index contributed by atoms with van der Waals surface area (Å²) in [6.07, 6.45) is -3.82. The van der Waals surface area contributed by atoms with Gasteiger partial charge in [-0.05, 0) is 30.4 Å². The molecule has 1 aromatic rings. The van der Waals surface area contributed by atoms with Crippen molar-refractivity contribution in [1.82, 2.24) is 0 Å². The van der Waals surface area contributed by atoms with Gasteiger partial charge in [0.15, 0.2) is 0 Å². The number of fused-ring (bicyclic) bond motifs is 1. The minimum Gasteiger partial charge on any atom is -0.493 e. The summed E-state index contributed by atoms with van der Waals surface area (Å²) >= 11 is 0. The number of halogens is 3. The predicted octanol–water partition coefficient (Wildman–Crippen LogP) is 2.83. The second kappa shape index (κ2) is 4.56. The molecule has 0 aromatic heterocycles. The summed E-state index contributed by atoms with van der Waals surface area (Å²) in [5.74, 6) is 0.509. The minimum absolute atomic E-state index is 0.0795. The van der Waals surface area contributed by atoms with Crippen molar-refractivity contribution in [2.45, 2.75) is 31.0 Å². The number of hydrogen-bond acceptors (Lipinski definition) is 2. The van der Waals surface area contributed by atoms with E-state index >= 15 is 0 Å². The van der Waals surface area contributed by atoms with Crippen molar-refractivity contribution in [1.29, 1.82) is 0 Å². The van der Waals surface area contributed by atoms with E-state index in [1.165, 1.54) is 0 Å². The summed E-state index contributed by atoms with van der Waals surface area (Å²) in [5, 5.41) is 0. The van der Waals surface area contributed by atoms with Crippen molar-refractivity contribution in [3.05, 3.63) is 29.8 Å². The molecule has 2 nitrogen and oxygen atoms in total. The second-order valence-electron chi connectivity index (χ2n) is 4.26. The van der Waals surface area contributed by atoms with Gasteiger partial charge in [-0.15, -0.1) is 0 Å². The van der Waals surface area contributed by atoms with Crippen LogP contribution in [0.4, 0.5) is 13.2 Å². The van der Waals surface area contributed by atoms with Gasteiger partial charge in [-0.1, -0.05) is 18.2 Å². The van der Waals surface area contributed by atoms with Crippen molar-refractivity contribution in [3.8, 4) is 5.75 Å². The number of benzene rings is 1. The van der Waals surface area contributed by atoms with E-state index in [-0.39, 0.29) is 12.3 Å². The Bertz CT molecular complexity index is 392. The fraction of sp³-hybridized carbons (Fsp3) is 0.500. The zero-order valence-corrected chi connectivity index (χ0v) is 9.20. The molecule has 94 valence electrons. The summed E-state index contributed by atoms with van der Waals surface area (Å²) in [6.45, 7) is 0.451. The summed E-state index contributed by atoms with van der Waals surface area (Å²) in [7, 11) is 0. The molecular weight excluding hydrogens is 231 g/mol. The van der Waals surface area contributed by atoms with Crippen molar-refractivity contribution in [2.24, 2.45) is 5.73 Å². The molecule has 17 heavy (non-hydrogen) atoms. The molecule has 2 N–H and O–H groups in total. The Kier molecular flexibility index (Phi) is 3.28. The smallest absolute Gasteiger partial charge is 0.403 e. The van der Waals surface area contributed by atoms with Crippen LogP contribution in [0.25, 0.3) is 0 Å². The Morgan fingerprint density at radius 1 is 1.35 bits per heavy atom. The third-order valence-corrected chi connectivity index (χ3v) is 3.04. The second-order valence-corrected chi connectivity index (χ2v) is 4.26. The Morgan fingerprint density at radius 2 is 2.06 bits per heavy atom.